The van der Waals surface area contributed by atoms with Crippen LogP contribution in [0.15, 0.2) is 23.3 Å². The molecule has 1 aliphatic carbocycles. The summed E-state index contributed by atoms with van der Waals surface area (Å²) in [7, 11) is 2.17. The fraction of sp³-hybridized carbons (Fsp3) is 0.667. The molecular formula is C18H31IN6. The molecule has 0 spiro atoms. The van der Waals surface area contributed by atoms with E-state index in [1.165, 1.54) is 18.4 Å². The lowest BCUT2D eigenvalue weighted by atomic mass is 10.2. The Morgan fingerprint density at radius 3 is 2.68 bits per heavy atom. The molecule has 2 N–H and O–H groups in total. The molecule has 7 heteroatoms. The van der Waals surface area contributed by atoms with Crippen molar-refractivity contribution in [2.24, 2.45) is 10.9 Å². The smallest absolute Gasteiger partial charge is 0.191 e. The maximum absolute atomic E-state index is 4.72. The van der Waals surface area contributed by atoms with Crippen LogP contribution in [0.1, 0.15) is 25.3 Å². The van der Waals surface area contributed by atoms with Gasteiger partial charge in [0.05, 0.1) is 6.54 Å². The summed E-state index contributed by atoms with van der Waals surface area (Å²) in [5.41, 5.74) is 1.21. The second kappa shape index (κ2) is 10.2. The average molecular weight is 458 g/mol. The molecule has 0 bridgehead atoms. The van der Waals surface area contributed by atoms with Crippen LogP contribution < -0.4 is 15.5 Å². The number of aliphatic imine (C=N–C) groups is 1. The second-order valence-electron chi connectivity index (χ2n) is 6.83. The zero-order chi connectivity index (χ0) is 16.8. The van der Waals surface area contributed by atoms with E-state index in [0.29, 0.717) is 6.54 Å². The minimum absolute atomic E-state index is 0. The van der Waals surface area contributed by atoms with Gasteiger partial charge in [-0.25, -0.2) is 9.98 Å². The van der Waals surface area contributed by atoms with Crippen molar-refractivity contribution in [2.45, 2.75) is 26.3 Å². The normalized spacial score (nSPS) is 18.6. The molecule has 1 saturated carbocycles. The van der Waals surface area contributed by atoms with Crippen molar-refractivity contribution in [1.29, 1.82) is 0 Å². The van der Waals surface area contributed by atoms with E-state index in [-0.39, 0.29) is 24.0 Å². The first-order valence-electron chi connectivity index (χ1n) is 9.15. The van der Waals surface area contributed by atoms with Gasteiger partial charge in [-0.1, -0.05) is 0 Å². The highest BCUT2D eigenvalue weighted by Crippen LogP contribution is 2.27. The predicted octanol–water partition coefficient (Wildman–Crippen LogP) is 1.92. The molecule has 1 aromatic heterocycles. The van der Waals surface area contributed by atoms with Crippen LogP contribution in [-0.2, 0) is 6.54 Å². The van der Waals surface area contributed by atoms with Crippen LogP contribution in [0.3, 0.4) is 0 Å². The lowest BCUT2D eigenvalue weighted by molar-refractivity contribution is 0.312. The molecule has 1 aromatic rings. The fourth-order valence-corrected chi connectivity index (χ4v) is 2.84. The van der Waals surface area contributed by atoms with Gasteiger partial charge in [-0.2, -0.15) is 0 Å². The van der Waals surface area contributed by atoms with Gasteiger partial charge in [0.2, 0.25) is 0 Å². The van der Waals surface area contributed by atoms with E-state index >= 15 is 0 Å². The topological polar surface area (TPSA) is 55.8 Å². The summed E-state index contributed by atoms with van der Waals surface area (Å²) in [4.78, 5) is 14.0. The lowest BCUT2D eigenvalue weighted by Crippen LogP contribution is -2.44. The van der Waals surface area contributed by atoms with E-state index in [2.05, 4.69) is 51.5 Å². The Labute approximate surface area is 168 Å². The molecule has 0 aromatic carbocycles. The molecule has 2 aliphatic rings. The number of pyridine rings is 1. The maximum Gasteiger partial charge on any atom is 0.191 e. The third-order valence-electron chi connectivity index (χ3n) is 4.66. The van der Waals surface area contributed by atoms with Crippen molar-refractivity contribution in [1.82, 2.24) is 20.5 Å². The van der Waals surface area contributed by atoms with Crippen molar-refractivity contribution in [3.8, 4) is 0 Å². The number of guanidine groups is 1. The number of anilines is 1. The molecule has 3 rings (SSSR count). The van der Waals surface area contributed by atoms with Crippen LogP contribution in [0.25, 0.3) is 0 Å². The maximum atomic E-state index is 4.72. The van der Waals surface area contributed by atoms with Crippen molar-refractivity contribution in [2.75, 3.05) is 51.2 Å². The SMILES string of the molecule is CCNC(=NCc1ccnc(N2CCN(C)CC2)c1)NCC1CC1.I. The van der Waals surface area contributed by atoms with Gasteiger partial charge in [-0.05, 0) is 50.4 Å². The molecule has 1 saturated heterocycles. The zero-order valence-electron chi connectivity index (χ0n) is 15.4. The second-order valence-corrected chi connectivity index (χ2v) is 6.83. The molecule has 6 nitrogen and oxygen atoms in total. The number of aromatic nitrogens is 1. The van der Waals surface area contributed by atoms with Crippen LogP contribution in [0.4, 0.5) is 5.82 Å². The van der Waals surface area contributed by atoms with Gasteiger partial charge >= 0.3 is 0 Å². The van der Waals surface area contributed by atoms with Crippen LogP contribution in [0.5, 0.6) is 0 Å². The first kappa shape index (κ1) is 20.2. The van der Waals surface area contributed by atoms with Gasteiger partial charge in [0, 0.05) is 45.5 Å². The third kappa shape index (κ3) is 6.62. The fourth-order valence-electron chi connectivity index (χ4n) is 2.84. The quantitative estimate of drug-likeness (QED) is 0.388. The summed E-state index contributed by atoms with van der Waals surface area (Å²) in [6.45, 7) is 8.99. The van der Waals surface area contributed by atoms with Crippen LogP contribution in [0, 0.1) is 5.92 Å². The van der Waals surface area contributed by atoms with Crippen LogP contribution in [0.2, 0.25) is 0 Å². The van der Waals surface area contributed by atoms with E-state index in [1.807, 2.05) is 6.20 Å². The zero-order valence-corrected chi connectivity index (χ0v) is 17.7. The summed E-state index contributed by atoms with van der Waals surface area (Å²) in [6.07, 6.45) is 4.61. The summed E-state index contributed by atoms with van der Waals surface area (Å²) < 4.78 is 0. The van der Waals surface area contributed by atoms with E-state index in [0.717, 1.165) is 57.0 Å². The molecule has 140 valence electrons. The highest BCUT2D eigenvalue weighted by molar-refractivity contribution is 14.0. The number of rotatable bonds is 6. The number of hydrogen-bond acceptors (Lipinski definition) is 4. The molecule has 2 heterocycles. The highest BCUT2D eigenvalue weighted by Gasteiger charge is 2.21. The van der Waals surface area contributed by atoms with Crippen molar-refractivity contribution < 1.29 is 0 Å². The van der Waals surface area contributed by atoms with Gasteiger partial charge < -0.3 is 20.4 Å². The Hall–Kier alpha value is -1.09. The summed E-state index contributed by atoms with van der Waals surface area (Å²) in [6, 6.07) is 4.24. The van der Waals surface area contributed by atoms with Gasteiger partial charge in [-0.15, -0.1) is 24.0 Å². The first-order valence-corrected chi connectivity index (χ1v) is 9.15. The molecule has 0 amide bonds. The Balaban J connectivity index is 0.00000225. The van der Waals surface area contributed by atoms with E-state index in [4.69, 9.17) is 4.99 Å². The minimum atomic E-state index is 0. The molecular weight excluding hydrogens is 427 g/mol. The third-order valence-corrected chi connectivity index (χ3v) is 4.66. The summed E-state index contributed by atoms with van der Waals surface area (Å²) in [5, 5.41) is 6.77. The van der Waals surface area contributed by atoms with Gasteiger partial charge in [0.15, 0.2) is 5.96 Å². The Morgan fingerprint density at radius 1 is 1.24 bits per heavy atom. The van der Waals surface area contributed by atoms with Gasteiger partial charge in [-0.3, -0.25) is 0 Å². The largest absolute Gasteiger partial charge is 0.357 e. The molecule has 25 heavy (non-hydrogen) atoms. The van der Waals surface area contributed by atoms with E-state index in [9.17, 15) is 0 Å². The molecule has 0 atom stereocenters. The first-order chi connectivity index (χ1) is 11.7. The molecule has 0 radical (unpaired) electrons. The van der Waals surface area contributed by atoms with E-state index < -0.39 is 0 Å². The van der Waals surface area contributed by atoms with Crippen molar-refractivity contribution >= 4 is 35.8 Å². The van der Waals surface area contributed by atoms with Gasteiger partial charge in [0.25, 0.3) is 0 Å². The number of halogens is 1. The van der Waals surface area contributed by atoms with Crippen molar-refractivity contribution in [3.05, 3.63) is 23.9 Å². The van der Waals surface area contributed by atoms with Gasteiger partial charge in [0.1, 0.15) is 5.82 Å². The Bertz CT molecular complexity index is 552. The molecule has 0 unspecified atom stereocenters. The number of hydrogen-bond donors (Lipinski definition) is 2. The monoisotopic (exact) mass is 458 g/mol. The average Bonchev–Trinajstić information content (AvgIpc) is 3.43. The Morgan fingerprint density at radius 2 is 2.00 bits per heavy atom. The number of nitrogens with zero attached hydrogens (tertiary/aromatic N) is 4. The predicted molar refractivity (Wildman–Crippen MR) is 115 cm³/mol. The number of piperazine rings is 1. The molecule has 1 aliphatic heterocycles. The van der Waals surface area contributed by atoms with Crippen LogP contribution in [-0.4, -0.2) is 62.2 Å². The van der Waals surface area contributed by atoms with E-state index in [1.54, 1.807) is 0 Å². The number of likely N-dealkylation sites (N-methyl/N-ethyl adjacent to an activating group) is 1. The highest BCUT2D eigenvalue weighted by atomic mass is 127. The number of nitrogens with one attached hydrogen (secondary N) is 2. The molecule has 2 fully saturated rings. The summed E-state index contributed by atoms with van der Waals surface area (Å²) in [5.74, 6) is 2.84. The summed E-state index contributed by atoms with van der Waals surface area (Å²) >= 11 is 0. The Kier molecular flexibility index (Phi) is 8.21. The van der Waals surface area contributed by atoms with Crippen molar-refractivity contribution in [3.63, 3.8) is 0 Å². The van der Waals surface area contributed by atoms with Crippen LogP contribution >= 0.6 is 24.0 Å². The lowest BCUT2D eigenvalue weighted by Gasteiger charge is -2.33. The standard InChI is InChI=1S/C18H30N6.HI/c1-3-19-18(21-13-15-4-5-15)22-14-16-6-7-20-17(12-16)24-10-8-23(2)9-11-24;/h6-7,12,15H,3-5,8-11,13-14H2,1-2H3,(H2,19,21,22);1H. The minimum Gasteiger partial charge on any atom is -0.357 e.